The SMILES string of the molecule is O=C1CCCc2nc3[nH][nH]c(=O)c3cc21. The monoisotopic (exact) mass is 203 g/mol. The van der Waals surface area contributed by atoms with Crippen molar-refractivity contribution in [2.45, 2.75) is 19.3 Å². The molecule has 0 fully saturated rings. The van der Waals surface area contributed by atoms with Crippen LogP contribution in [0.3, 0.4) is 0 Å². The first-order chi connectivity index (χ1) is 7.25. The van der Waals surface area contributed by atoms with Crippen LogP contribution in [0.4, 0.5) is 0 Å². The van der Waals surface area contributed by atoms with Crippen LogP contribution >= 0.6 is 0 Å². The van der Waals surface area contributed by atoms with E-state index in [0.717, 1.165) is 18.5 Å². The van der Waals surface area contributed by atoms with Crippen LogP contribution in [0.2, 0.25) is 0 Å². The summed E-state index contributed by atoms with van der Waals surface area (Å²) in [7, 11) is 0. The minimum Gasteiger partial charge on any atom is -0.294 e. The van der Waals surface area contributed by atoms with Crippen molar-refractivity contribution in [2.75, 3.05) is 0 Å². The van der Waals surface area contributed by atoms with Gasteiger partial charge in [0.1, 0.15) is 0 Å². The number of hydrogen-bond donors (Lipinski definition) is 2. The van der Waals surface area contributed by atoms with Crippen molar-refractivity contribution in [3.05, 3.63) is 27.7 Å². The van der Waals surface area contributed by atoms with Gasteiger partial charge in [0, 0.05) is 12.0 Å². The summed E-state index contributed by atoms with van der Waals surface area (Å²) in [5.41, 5.74) is 1.72. The van der Waals surface area contributed by atoms with Crippen LogP contribution in [0.15, 0.2) is 10.9 Å². The summed E-state index contributed by atoms with van der Waals surface area (Å²) in [5, 5.41) is 5.62. The summed E-state index contributed by atoms with van der Waals surface area (Å²) >= 11 is 0. The van der Waals surface area contributed by atoms with Crippen LogP contribution in [0, 0.1) is 0 Å². The van der Waals surface area contributed by atoms with E-state index in [1.807, 2.05) is 0 Å². The summed E-state index contributed by atoms with van der Waals surface area (Å²) in [4.78, 5) is 27.2. The van der Waals surface area contributed by atoms with Crippen molar-refractivity contribution < 1.29 is 4.79 Å². The third-order valence-corrected chi connectivity index (χ3v) is 2.76. The molecule has 5 heteroatoms. The first kappa shape index (κ1) is 8.40. The Labute approximate surface area is 84.5 Å². The van der Waals surface area contributed by atoms with Crippen LogP contribution in [0.5, 0.6) is 0 Å². The summed E-state index contributed by atoms with van der Waals surface area (Å²) in [6, 6.07) is 1.65. The molecule has 2 aromatic heterocycles. The number of nitrogens with zero attached hydrogens (tertiary/aromatic N) is 1. The van der Waals surface area contributed by atoms with E-state index in [4.69, 9.17) is 0 Å². The first-order valence-corrected chi connectivity index (χ1v) is 4.89. The van der Waals surface area contributed by atoms with Gasteiger partial charge in [0.05, 0.1) is 11.1 Å². The summed E-state index contributed by atoms with van der Waals surface area (Å²) < 4.78 is 0. The largest absolute Gasteiger partial charge is 0.294 e. The van der Waals surface area contributed by atoms with Crippen molar-refractivity contribution in [3.8, 4) is 0 Å². The Bertz CT molecular complexity index is 609. The molecular weight excluding hydrogens is 194 g/mol. The molecule has 0 saturated carbocycles. The number of H-pyrrole nitrogens is 2. The molecule has 0 spiro atoms. The van der Waals surface area contributed by atoms with Crippen molar-refractivity contribution in [3.63, 3.8) is 0 Å². The van der Waals surface area contributed by atoms with Crippen LogP contribution in [-0.4, -0.2) is 21.0 Å². The number of aromatic nitrogens is 3. The number of aromatic amines is 2. The zero-order valence-corrected chi connectivity index (χ0v) is 7.96. The van der Waals surface area contributed by atoms with Gasteiger partial charge in [0.2, 0.25) is 0 Å². The van der Waals surface area contributed by atoms with Gasteiger partial charge in [0.25, 0.3) is 5.56 Å². The van der Waals surface area contributed by atoms with Gasteiger partial charge >= 0.3 is 0 Å². The number of ketones is 1. The number of nitrogens with one attached hydrogen (secondary N) is 2. The van der Waals surface area contributed by atoms with Crippen LogP contribution in [0.25, 0.3) is 11.0 Å². The Balaban J connectivity index is 2.39. The summed E-state index contributed by atoms with van der Waals surface area (Å²) in [6.07, 6.45) is 2.21. The van der Waals surface area contributed by atoms with Gasteiger partial charge in [-0.1, -0.05) is 0 Å². The highest BCUT2D eigenvalue weighted by Gasteiger charge is 2.20. The molecule has 0 amide bonds. The zero-order valence-electron chi connectivity index (χ0n) is 7.96. The molecule has 0 aromatic carbocycles. The molecule has 2 aromatic rings. The van der Waals surface area contributed by atoms with Crippen molar-refractivity contribution in [1.82, 2.24) is 15.2 Å². The quantitative estimate of drug-likeness (QED) is 0.663. The third kappa shape index (κ3) is 1.12. The lowest BCUT2D eigenvalue weighted by Crippen LogP contribution is -2.13. The Kier molecular flexibility index (Phi) is 1.56. The Morgan fingerprint density at radius 2 is 2.07 bits per heavy atom. The molecule has 76 valence electrons. The van der Waals surface area contributed by atoms with E-state index in [9.17, 15) is 9.59 Å². The standard InChI is InChI=1S/C10H9N3O2/c14-8-3-1-2-7-5(8)4-6-9(11-7)12-13-10(6)15/h4H,1-3H2,(H2,11,12,13,15). The second kappa shape index (κ2) is 2.79. The maximum Gasteiger partial charge on any atom is 0.273 e. The molecular formula is C10H9N3O2. The smallest absolute Gasteiger partial charge is 0.273 e. The van der Waals surface area contributed by atoms with Gasteiger partial charge in [-0.15, -0.1) is 0 Å². The molecule has 0 atom stereocenters. The molecule has 2 N–H and O–H groups in total. The van der Waals surface area contributed by atoms with Crippen LogP contribution < -0.4 is 5.56 Å². The maximum absolute atomic E-state index is 11.6. The predicted molar refractivity (Wildman–Crippen MR) is 54.0 cm³/mol. The van der Waals surface area contributed by atoms with E-state index in [1.54, 1.807) is 6.07 Å². The minimum absolute atomic E-state index is 0.0891. The molecule has 5 nitrogen and oxygen atoms in total. The van der Waals surface area contributed by atoms with Crippen LogP contribution in [0.1, 0.15) is 28.9 Å². The highest BCUT2D eigenvalue weighted by atomic mass is 16.1. The maximum atomic E-state index is 11.6. The summed E-state index contributed by atoms with van der Waals surface area (Å²) in [5.74, 6) is 0.0891. The lowest BCUT2D eigenvalue weighted by atomic mass is 9.94. The third-order valence-electron chi connectivity index (χ3n) is 2.76. The molecule has 1 aliphatic rings. The number of carbonyl (C=O) groups is 1. The van der Waals surface area contributed by atoms with Gasteiger partial charge in [-0.2, -0.15) is 0 Å². The fourth-order valence-corrected chi connectivity index (χ4v) is 1.99. The average molecular weight is 203 g/mol. The van der Waals surface area contributed by atoms with E-state index in [0.29, 0.717) is 23.0 Å². The van der Waals surface area contributed by atoms with E-state index in [-0.39, 0.29) is 11.3 Å². The van der Waals surface area contributed by atoms with Gasteiger partial charge < -0.3 is 0 Å². The Hall–Kier alpha value is -1.91. The van der Waals surface area contributed by atoms with Gasteiger partial charge in [-0.25, -0.2) is 4.98 Å². The second-order valence-electron chi connectivity index (χ2n) is 3.73. The number of fused-ring (bicyclic) bond motifs is 2. The molecule has 0 saturated heterocycles. The molecule has 0 aliphatic heterocycles. The number of aryl methyl sites for hydroxylation is 1. The van der Waals surface area contributed by atoms with E-state index in [2.05, 4.69) is 15.2 Å². The normalized spacial score (nSPS) is 15.6. The fourth-order valence-electron chi connectivity index (χ4n) is 1.99. The van der Waals surface area contributed by atoms with Gasteiger partial charge in [-0.3, -0.25) is 19.8 Å². The van der Waals surface area contributed by atoms with Crippen LogP contribution in [-0.2, 0) is 6.42 Å². The minimum atomic E-state index is -0.223. The lowest BCUT2D eigenvalue weighted by molar-refractivity contribution is 0.0972. The first-order valence-electron chi connectivity index (χ1n) is 4.89. The highest BCUT2D eigenvalue weighted by Crippen LogP contribution is 2.21. The van der Waals surface area contributed by atoms with Crippen molar-refractivity contribution >= 4 is 16.8 Å². The second-order valence-corrected chi connectivity index (χ2v) is 3.73. The van der Waals surface area contributed by atoms with Gasteiger partial charge in [-0.05, 0) is 18.9 Å². The Morgan fingerprint density at radius 3 is 2.93 bits per heavy atom. The van der Waals surface area contributed by atoms with Gasteiger partial charge in [0.15, 0.2) is 11.4 Å². The number of Topliss-reactive ketones (excluding diaryl/α,β-unsaturated/α-hetero) is 1. The van der Waals surface area contributed by atoms with E-state index >= 15 is 0 Å². The number of pyridine rings is 1. The highest BCUT2D eigenvalue weighted by molar-refractivity contribution is 6.00. The number of rotatable bonds is 0. The predicted octanol–water partition coefficient (Wildman–Crippen LogP) is 0.770. The topological polar surface area (TPSA) is 78.6 Å². The number of hydrogen-bond acceptors (Lipinski definition) is 3. The molecule has 1 aliphatic carbocycles. The van der Waals surface area contributed by atoms with E-state index < -0.39 is 0 Å². The Morgan fingerprint density at radius 1 is 1.20 bits per heavy atom. The van der Waals surface area contributed by atoms with E-state index in [1.165, 1.54) is 0 Å². The molecule has 2 heterocycles. The molecule has 0 unspecified atom stereocenters. The van der Waals surface area contributed by atoms with Crippen molar-refractivity contribution in [1.29, 1.82) is 0 Å². The van der Waals surface area contributed by atoms with Crippen molar-refractivity contribution in [2.24, 2.45) is 0 Å². The summed E-state index contributed by atoms with van der Waals surface area (Å²) in [6.45, 7) is 0. The zero-order chi connectivity index (χ0) is 10.4. The molecule has 0 bridgehead atoms. The fraction of sp³-hybridized carbons (Fsp3) is 0.300. The molecule has 0 radical (unpaired) electrons. The molecule has 3 rings (SSSR count). The molecule has 15 heavy (non-hydrogen) atoms. The number of carbonyl (C=O) groups excluding carboxylic acids is 1. The lowest BCUT2D eigenvalue weighted by Gasteiger charge is -2.12. The average Bonchev–Trinajstić information content (AvgIpc) is 2.59.